The first-order valence-electron chi connectivity index (χ1n) is 6.82. The van der Waals surface area contributed by atoms with Gasteiger partial charge in [0.05, 0.1) is 39.1 Å². The van der Waals surface area contributed by atoms with Crippen LogP contribution in [0.3, 0.4) is 0 Å². The van der Waals surface area contributed by atoms with E-state index in [1.54, 1.807) is 7.11 Å². The molecular formula is C14H23N3O3. The molecule has 0 aliphatic carbocycles. The molecule has 1 aromatic heterocycles. The molecule has 6 nitrogen and oxygen atoms in total. The number of hydrogen-bond acceptors (Lipinski definition) is 6. The Morgan fingerprint density at radius 3 is 2.90 bits per heavy atom. The lowest BCUT2D eigenvalue weighted by atomic mass is 10.0. The van der Waals surface area contributed by atoms with Gasteiger partial charge in [0.15, 0.2) is 0 Å². The Balaban J connectivity index is 2.14. The number of aromatic nitrogens is 1. The summed E-state index contributed by atoms with van der Waals surface area (Å²) in [6.45, 7) is 5.80. The molecule has 2 unspecified atom stereocenters. The molecule has 1 aliphatic rings. The number of hydrogen-bond donors (Lipinski definition) is 2. The molecule has 3 N–H and O–H groups in total. The van der Waals surface area contributed by atoms with Crippen molar-refractivity contribution in [3.63, 3.8) is 0 Å². The maximum atomic E-state index is 5.70. The van der Waals surface area contributed by atoms with E-state index < -0.39 is 0 Å². The van der Waals surface area contributed by atoms with Gasteiger partial charge in [0.1, 0.15) is 5.75 Å². The monoisotopic (exact) mass is 281 g/mol. The zero-order valence-electron chi connectivity index (χ0n) is 12.3. The van der Waals surface area contributed by atoms with Gasteiger partial charge in [-0.25, -0.2) is 0 Å². The second kappa shape index (κ2) is 6.99. The number of pyridine rings is 1. The Bertz CT molecular complexity index is 448. The van der Waals surface area contributed by atoms with Crippen molar-refractivity contribution in [2.45, 2.75) is 32.4 Å². The van der Waals surface area contributed by atoms with Gasteiger partial charge in [0.25, 0.3) is 0 Å². The Labute approximate surface area is 119 Å². The van der Waals surface area contributed by atoms with E-state index in [-0.39, 0.29) is 12.1 Å². The number of hydrazine groups is 1. The molecule has 0 amide bonds. The molecule has 1 aromatic rings. The van der Waals surface area contributed by atoms with Crippen molar-refractivity contribution in [1.29, 1.82) is 0 Å². The van der Waals surface area contributed by atoms with Gasteiger partial charge in [-0.15, -0.1) is 0 Å². The maximum absolute atomic E-state index is 5.70. The molecule has 2 heterocycles. The van der Waals surface area contributed by atoms with Crippen molar-refractivity contribution >= 4 is 0 Å². The SMILES string of the molecule is COc1c(C)cnc(CC(NN)C2COCCO2)c1C. The summed E-state index contributed by atoms with van der Waals surface area (Å²) in [6, 6.07) is -0.0334. The molecule has 2 atom stereocenters. The van der Waals surface area contributed by atoms with Crippen molar-refractivity contribution in [1.82, 2.24) is 10.4 Å². The van der Waals surface area contributed by atoms with Crippen LogP contribution in [-0.2, 0) is 15.9 Å². The van der Waals surface area contributed by atoms with Gasteiger partial charge in [-0.1, -0.05) is 0 Å². The van der Waals surface area contributed by atoms with E-state index in [1.807, 2.05) is 20.0 Å². The zero-order valence-corrected chi connectivity index (χ0v) is 12.3. The van der Waals surface area contributed by atoms with E-state index in [9.17, 15) is 0 Å². The normalized spacial score (nSPS) is 20.7. The topological polar surface area (TPSA) is 78.6 Å². The Morgan fingerprint density at radius 2 is 2.30 bits per heavy atom. The second-order valence-electron chi connectivity index (χ2n) is 5.01. The van der Waals surface area contributed by atoms with E-state index in [2.05, 4.69) is 10.4 Å². The van der Waals surface area contributed by atoms with Gasteiger partial charge < -0.3 is 14.2 Å². The number of nitrogens with two attached hydrogens (primary N) is 1. The molecule has 20 heavy (non-hydrogen) atoms. The van der Waals surface area contributed by atoms with Crippen molar-refractivity contribution in [2.75, 3.05) is 26.9 Å². The number of rotatable bonds is 5. The van der Waals surface area contributed by atoms with E-state index in [4.69, 9.17) is 20.1 Å². The average molecular weight is 281 g/mol. The Morgan fingerprint density at radius 1 is 1.50 bits per heavy atom. The lowest BCUT2D eigenvalue weighted by Crippen LogP contribution is -2.50. The Kier molecular flexibility index (Phi) is 5.31. The molecule has 0 radical (unpaired) electrons. The van der Waals surface area contributed by atoms with Crippen LogP contribution >= 0.6 is 0 Å². The van der Waals surface area contributed by atoms with Crippen LogP contribution in [0.25, 0.3) is 0 Å². The highest BCUT2D eigenvalue weighted by Gasteiger charge is 2.26. The summed E-state index contributed by atoms with van der Waals surface area (Å²) in [5, 5.41) is 0. The molecule has 0 saturated carbocycles. The summed E-state index contributed by atoms with van der Waals surface area (Å²) in [5.41, 5.74) is 5.85. The van der Waals surface area contributed by atoms with E-state index in [1.165, 1.54) is 0 Å². The third-order valence-electron chi connectivity index (χ3n) is 3.67. The van der Waals surface area contributed by atoms with Crippen LogP contribution in [0.5, 0.6) is 5.75 Å². The molecule has 0 aromatic carbocycles. The molecule has 0 spiro atoms. The van der Waals surface area contributed by atoms with Crippen molar-refractivity contribution in [3.8, 4) is 5.75 Å². The van der Waals surface area contributed by atoms with Crippen LogP contribution in [0.1, 0.15) is 16.8 Å². The number of aryl methyl sites for hydroxylation is 1. The van der Waals surface area contributed by atoms with E-state index in [0.717, 1.165) is 22.6 Å². The zero-order chi connectivity index (χ0) is 14.5. The van der Waals surface area contributed by atoms with Crippen LogP contribution in [0.2, 0.25) is 0 Å². The fraction of sp³-hybridized carbons (Fsp3) is 0.643. The van der Waals surface area contributed by atoms with Crippen LogP contribution in [0.4, 0.5) is 0 Å². The highest BCUT2D eigenvalue weighted by Crippen LogP contribution is 2.25. The summed E-state index contributed by atoms with van der Waals surface area (Å²) in [6.07, 6.45) is 2.45. The minimum Gasteiger partial charge on any atom is -0.496 e. The third kappa shape index (κ3) is 3.27. The van der Waals surface area contributed by atoms with Gasteiger partial charge >= 0.3 is 0 Å². The predicted molar refractivity (Wildman–Crippen MR) is 75.6 cm³/mol. The van der Waals surface area contributed by atoms with Crippen molar-refractivity contribution in [2.24, 2.45) is 5.84 Å². The molecule has 6 heteroatoms. The van der Waals surface area contributed by atoms with Crippen molar-refractivity contribution in [3.05, 3.63) is 23.0 Å². The largest absolute Gasteiger partial charge is 0.496 e. The lowest BCUT2D eigenvalue weighted by molar-refractivity contribution is -0.101. The first-order valence-corrected chi connectivity index (χ1v) is 6.82. The van der Waals surface area contributed by atoms with Crippen LogP contribution in [-0.4, -0.2) is 44.1 Å². The smallest absolute Gasteiger partial charge is 0.128 e. The highest BCUT2D eigenvalue weighted by atomic mass is 16.6. The molecule has 112 valence electrons. The highest BCUT2D eigenvalue weighted by molar-refractivity contribution is 5.41. The number of ether oxygens (including phenoxy) is 3. The lowest BCUT2D eigenvalue weighted by Gasteiger charge is -2.30. The third-order valence-corrected chi connectivity index (χ3v) is 3.67. The maximum Gasteiger partial charge on any atom is 0.128 e. The summed E-state index contributed by atoms with van der Waals surface area (Å²) in [5.74, 6) is 6.54. The summed E-state index contributed by atoms with van der Waals surface area (Å²) >= 11 is 0. The molecule has 2 rings (SSSR count). The molecule has 1 fully saturated rings. The summed E-state index contributed by atoms with van der Waals surface area (Å²) < 4.78 is 16.6. The minimum atomic E-state index is -0.0535. The fourth-order valence-electron chi connectivity index (χ4n) is 2.52. The molecule has 0 bridgehead atoms. The predicted octanol–water partition coefficient (Wildman–Crippen LogP) is 0.497. The van der Waals surface area contributed by atoms with Gasteiger partial charge in [-0.3, -0.25) is 16.3 Å². The standard InChI is InChI=1S/C14H23N3O3/c1-9-7-16-11(10(2)14(9)18-3)6-12(17-15)13-8-19-4-5-20-13/h7,12-13,17H,4-6,8,15H2,1-3H3. The first-order chi connectivity index (χ1) is 9.67. The minimum absolute atomic E-state index is 0.0334. The van der Waals surface area contributed by atoms with Gasteiger partial charge in [-0.05, 0) is 13.8 Å². The van der Waals surface area contributed by atoms with Crippen molar-refractivity contribution < 1.29 is 14.2 Å². The van der Waals surface area contributed by atoms with E-state index >= 15 is 0 Å². The number of methoxy groups -OCH3 is 1. The second-order valence-corrected chi connectivity index (χ2v) is 5.01. The molecule has 1 aliphatic heterocycles. The van der Waals surface area contributed by atoms with Gasteiger partial charge in [0, 0.05) is 29.4 Å². The summed E-state index contributed by atoms with van der Waals surface area (Å²) in [4.78, 5) is 4.50. The fourth-order valence-corrected chi connectivity index (χ4v) is 2.52. The molecule has 1 saturated heterocycles. The number of nitrogens with zero attached hydrogens (tertiary/aromatic N) is 1. The van der Waals surface area contributed by atoms with Crippen LogP contribution < -0.4 is 16.0 Å². The van der Waals surface area contributed by atoms with Crippen LogP contribution in [0, 0.1) is 13.8 Å². The van der Waals surface area contributed by atoms with Gasteiger partial charge in [0.2, 0.25) is 0 Å². The average Bonchev–Trinajstić information content (AvgIpc) is 2.48. The number of nitrogens with one attached hydrogen (secondary N) is 1. The van der Waals surface area contributed by atoms with Gasteiger partial charge in [-0.2, -0.15) is 0 Å². The first kappa shape index (κ1) is 15.2. The quantitative estimate of drug-likeness (QED) is 0.604. The van der Waals surface area contributed by atoms with Crippen LogP contribution in [0.15, 0.2) is 6.20 Å². The Hall–Kier alpha value is -1.21. The van der Waals surface area contributed by atoms with E-state index in [0.29, 0.717) is 26.2 Å². The molecular weight excluding hydrogens is 258 g/mol. The summed E-state index contributed by atoms with van der Waals surface area (Å²) in [7, 11) is 1.68.